The SMILES string of the molecule is CCCCNC(=O)[C@@H](CC)N(CCc1ccccc1)C(=O)CN(c1ccc(Cl)c(C(F)(F)F)c1)S(=O)(=O)c1ccc(C)cc1. The van der Waals surface area contributed by atoms with Crippen LogP contribution < -0.4 is 9.62 Å². The summed E-state index contributed by atoms with van der Waals surface area (Å²) in [6.45, 7) is 5.11. The fourth-order valence-electron chi connectivity index (χ4n) is 4.65. The van der Waals surface area contributed by atoms with Gasteiger partial charge < -0.3 is 10.2 Å². The van der Waals surface area contributed by atoms with Crippen molar-refractivity contribution in [2.24, 2.45) is 0 Å². The first-order valence-electron chi connectivity index (χ1n) is 14.4. The van der Waals surface area contributed by atoms with E-state index in [1.807, 2.05) is 37.3 Å². The smallest absolute Gasteiger partial charge is 0.354 e. The molecule has 0 saturated carbocycles. The zero-order valence-electron chi connectivity index (χ0n) is 24.9. The summed E-state index contributed by atoms with van der Waals surface area (Å²) in [5, 5.41) is 2.23. The molecule has 0 radical (unpaired) electrons. The van der Waals surface area contributed by atoms with E-state index in [1.54, 1.807) is 26.0 Å². The van der Waals surface area contributed by atoms with Crippen LogP contribution in [0.3, 0.4) is 0 Å². The van der Waals surface area contributed by atoms with Gasteiger partial charge in [-0.2, -0.15) is 13.2 Å². The number of hydrogen-bond donors (Lipinski definition) is 1. The van der Waals surface area contributed by atoms with Crippen LogP contribution in [0.25, 0.3) is 0 Å². The number of carbonyl (C=O) groups is 2. The van der Waals surface area contributed by atoms with Gasteiger partial charge in [-0.3, -0.25) is 13.9 Å². The van der Waals surface area contributed by atoms with Crippen LogP contribution in [-0.2, 0) is 32.2 Å². The molecule has 3 aromatic carbocycles. The van der Waals surface area contributed by atoms with Gasteiger partial charge in [0.15, 0.2) is 0 Å². The lowest BCUT2D eigenvalue weighted by atomic mass is 10.1. The molecular formula is C32H37ClF3N3O4S. The Morgan fingerprint density at radius 2 is 1.64 bits per heavy atom. The van der Waals surface area contributed by atoms with Gasteiger partial charge in [-0.1, -0.05) is 79.9 Å². The lowest BCUT2D eigenvalue weighted by Gasteiger charge is -2.33. The van der Waals surface area contributed by atoms with Gasteiger partial charge in [-0.15, -0.1) is 0 Å². The van der Waals surface area contributed by atoms with E-state index in [9.17, 15) is 31.2 Å². The third kappa shape index (κ3) is 8.98. The van der Waals surface area contributed by atoms with E-state index >= 15 is 0 Å². The van der Waals surface area contributed by atoms with Gasteiger partial charge in [0.05, 0.1) is 21.2 Å². The molecule has 0 aliphatic rings. The van der Waals surface area contributed by atoms with Crippen molar-refractivity contribution in [2.75, 3.05) is 23.9 Å². The fourth-order valence-corrected chi connectivity index (χ4v) is 6.28. The molecule has 0 bridgehead atoms. The average molecular weight is 652 g/mol. The molecule has 0 saturated heterocycles. The summed E-state index contributed by atoms with van der Waals surface area (Å²) in [5.74, 6) is -1.13. The fraction of sp³-hybridized carbons (Fsp3) is 0.375. The maximum Gasteiger partial charge on any atom is 0.417 e. The summed E-state index contributed by atoms with van der Waals surface area (Å²) in [6, 6.07) is 16.8. The highest BCUT2D eigenvalue weighted by Gasteiger charge is 2.37. The minimum Gasteiger partial charge on any atom is -0.354 e. The minimum atomic E-state index is -4.87. The number of aryl methyl sites for hydroxylation is 1. The van der Waals surface area contributed by atoms with E-state index in [0.29, 0.717) is 23.3 Å². The average Bonchev–Trinajstić information content (AvgIpc) is 2.98. The predicted molar refractivity (Wildman–Crippen MR) is 166 cm³/mol. The molecule has 0 spiro atoms. The molecule has 1 atom stereocenters. The van der Waals surface area contributed by atoms with Crippen LogP contribution in [0.4, 0.5) is 18.9 Å². The van der Waals surface area contributed by atoms with Crippen molar-refractivity contribution >= 4 is 39.1 Å². The molecule has 0 aliphatic carbocycles. The normalized spacial score (nSPS) is 12.4. The van der Waals surface area contributed by atoms with Gasteiger partial charge in [0.2, 0.25) is 11.8 Å². The van der Waals surface area contributed by atoms with Crippen molar-refractivity contribution < 1.29 is 31.2 Å². The van der Waals surface area contributed by atoms with E-state index in [4.69, 9.17) is 11.6 Å². The van der Waals surface area contributed by atoms with Crippen LogP contribution in [0, 0.1) is 6.92 Å². The molecule has 1 N–H and O–H groups in total. The van der Waals surface area contributed by atoms with E-state index < -0.39 is 45.3 Å². The predicted octanol–water partition coefficient (Wildman–Crippen LogP) is 6.63. The van der Waals surface area contributed by atoms with Crippen molar-refractivity contribution in [1.29, 1.82) is 0 Å². The summed E-state index contributed by atoms with van der Waals surface area (Å²) in [4.78, 5) is 28.4. The number of carbonyl (C=O) groups excluding carboxylic acids is 2. The number of nitrogens with one attached hydrogen (secondary N) is 1. The number of rotatable bonds is 14. The Labute approximate surface area is 262 Å². The van der Waals surface area contributed by atoms with Gasteiger partial charge in [0.1, 0.15) is 12.6 Å². The van der Waals surface area contributed by atoms with Crippen molar-refractivity contribution in [3.63, 3.8) is 0 Å². The molecule has 44 heavy (non-hydrogen) atoms. The number of nitrogens with zero attached hydrogens (tertiary/aromatic N) is 2. The number of unbranched alkanes of at least 4 members (excludes halogenated alkanes) is 1. The van der Waals surface area contributed by atoms with Crippen molar-refractivity contribution in [1.82, 2.24) is 10.2 Å². The van der Waals surface area contributed by atoms with E-state index in [1.165, 1.54) is 17.0 Å². The number of benzene rings is 3. The number of hydrogen-bond acceptors (Lipinski definition) is 4. The number of anilines is 1. The Bertz CT molecular complexity index is 1520. The van der Waals surface area contributed by atoms with Crippen LogP contribution >= 0.6 is 11.6 Å². The van der Waals surface area contributed by atoms with Gasteiger partial charge in [-0.25, -0.2) is 8.42 Å². The van der Waals surface area contributed by atoms with Gasteiger partial charge in [0.25, 0.3) is 10.0 Å². The van der Waals surface area contributed by atoms with E-state index in [-0.39, 0.29) is 29.5 Å². The first-order valence-corrected chi connectivity index (χ1v) is 16.2. The molecule has 12 heteroatoms. The number of halogens is 4. The van der Waals surface area contributed by atoms with Crippen LogP contribution in [-0.4, -0.2) is 50.8 Å². The Hall–Kier alpha value is -3.57. The molecule has 7 nitrogen and oxygen atoms in total. The second kappa shape index (κ2) is 15.4. The zero-order chi connectivity index (χ0) is 32.5. The summed E-state index contributed by atoms with van der Waals surface area (Å²) < 4.78 is 69.9. The molecular weight excluding hydrogens is 615 g/mol. The molecule has 3 aromatic rings. The summed E-state index contributed by atoms with van der Waals surface area (Å²) in [6.07, 6.45) is -2.68. The monoisotopic (exact) mass is 651 g/mol. The first-order chi connectivity index (χ1) is 20.8. The van der Waals surface area contributed by atoms with Crippen LogP contribution in [0.2, 0.25) is 5.02 Å². The van der Waals surface area contributed by atoms with Crippen LogP contribution in [0.5, 0.6) is 0 Å². The summed E-state index contributed by atoms with van der Waals surface area (Å²) >= 11 is 5.83. The summed E-state index contributed by atoms with van der Waals surface area (Å²) in [7, 11) is -4.54. The van der Waals surface area contributed by atoms with Gasteiger partial charge in [0, 0.05) is 13.1 Å². The Morgan fingerprint density at radius 1 is 0.977 bits per heavy atom. The largest absolute Gasteiger partial charge is 0.417 e. The molecule has 0 unspecified atom stereocenters. The van der Waals surface area contributed by atoms with E-state index in [2.05, 4.69) is 5.32 Å². The molecule has 3 rings (SSSR count). The number of amides is 2. The van der Waals surface area contributed by atoms with Gasteiger partial charge in [-0.05, 0) is 62.1 Å². The minimum absolute atomic E-state index is 0.0788. The molecule has 238 valence electrons. The number of alkyl halides is 3. The van der Waals surface area contributed by atoms with Crippen LogP contribution in [0.15, 0.2) is 77.7 Å². The lowest BCUT2D eigenvalue weighted by Crippen LogP contribution is -2.53. The van der Waals surface area contributed by atoms with Crippen molar-refractivity contribution in [3.05, 3.63) is 94.5 Å². The number of sulfonamides is 1. The Kier molecular flexibility index (Phi) is 12.2. The molecule has 0 heterocycles. The Balaban J connectivity index is 2.08. The molecule has 0 aromatic heterocycles. The molecule has 2 amide bonds. The topological polar surface area (TPSA) is 86.8 Å². The van der Waals surface area contributed by atoms with Crippen molar-refractivity contribution in [2.45, 2.75) is 63.6 Å². The van der Waals surface area contributed by atoms with Gasteiger partial charge >= 0.3 is 6.18 Å². The third-order valence-electron chi connectivity index (χ3n) is 7.13. The molecule has 0 aliphatic heterocycles. The van der Waals surface area contributed by atoms with E-state index in [0.717, 1.165) is 36.1 Å². The standard InChI is InChI=1S/C32H37ClF3N3O4S/c1-4-6-19-37-31(41)29(5-2)38(20-18-24-10-8-7-9-11-24)30(40)22-39(44(42,43)26-15-12-23(3)13-16-26)25-14-17-28(33)27(21-25)32(34,35)36/h7-17,21,29H,4-6,18-20,22H2,1-3H3,(H,37,41)/t29-/m1/s1. The van der Waals surface area contributed by atoms with Crippen molar-refractivity contribution in [3.8, 4) is 0 Å². The highest BCUT2D eigenvalue weighted by molar-refractivity contribution is 7.92. The first kappa shape index (κ1) is 34.9. The zero-order valence-corrected chi connectivity index (χ0v) is 26.5. The quantitative estimate of drug-likeness (QED) is 0.198. The highest BCUT2D eigenvalue weighted by Crippen LogP contribution is 2.38. The molecule has 0 fully saturated rings. The third-order valence-corrected chi connectivity index (χ3v) is 9.25. The van der Waals surface area contributed by atoms with Crippen LogP contribution in [0.1, 0.15) is 49.8 Å². The maximum atomic E-state index is 14.1. The lowest BCUT2D eigenvalue weighted by molar-refractivity contribution is -0.139. The second-order valence-corrected chi connectivity index (χ2v) is 12.6. The second-order valence-electron chi connectivity index (χ2n) is 10.4. The summed E-state index contributed by atoms with van der Waals surface area (Å²) in [5.41, 5.74) is 0.0302. The highest BCUT2D eigenvalue weighted by atomic mass is 35.5. The maximum absolute atomic E-state index is 14.1. The Morgan fingerprint density at radius 3 is 2.23 bits per heavy atom.